The highest BCUT2D eigenvalue weighted by Gasteiger charge is 2.08. The van der Waals surface area contributed by atoms with Gasteiger partial charge >= 0.3 is 5.97 Å². The predicted molar refractivity (Wildman–Crippen MR) is 84.3 cm³/mol. The maximum atomic E-state index is 12.1. The lowest BCUT2D eigenvalue weighted by molar-refractivity contribution is 0.0696. The first-order valence-corrected chi connectivity index (χ1v) is 8.27. The number of rotatable bonds is 6. The van der Waals surface area contributed by atoms with Crippen molar-refractivity contribution in [1.29, 1.82) is 0 Å². The molecule has 2 aromatic rings. The summed E-state index contributed by atoms with van der Waals surface area (Å²) < 4.78 is 18.5. The zero-order valence-electron chi connectivity index (χ0n) is 11.0. The summed E-state index contributed by atoms with van der Waals surface area (Å²) in [5.41, 5.74) is 0.133. The van der Waals surface area contributed by atoms with Gasteiger partial charge in [0.2, 0.25) is 0 Å². The Morgan fingerprint density at radius 1 is 1.19 bits per heavy atom. The Labute approximate surface area is 133 Å². The van der Waals surface area contributed by atoms with Crippen LogP contribution >= 0.6 is 15.9 Å². The second kappa shape index (κ2) is 7.38. The Hall–Kier alpha value is -1.66. The molecule has 1 atom stereocenters. The van der Waals surface area contributed by atoms with E-state index in [0.29, 0.717) is 23.0 Å². The topological polar surface area (TPSA) is 63.6 Å². The van der Waals surface area contributed by atoms with E-state index in [1.807, 2.05) is 24.3 Å². The Balaban J connectivity index is 1.93. The summed E-state index contributed by atoms with van der Waals surface area (Å²) in [5.74, 6) is -0.0323. The number of carboxylic acid groups (broad SMARTS) is 1. The second-order valence-corrected chi connectivity index (χ2v) is 6.67. The van der Waals surface area contributed by atoms with Crippen molar-refractivity contribution >= 4 is 32.7 Å². The van der Waals surface area contributed by atoms with Crippen molar-refractivity contribution in [3.05, 3.63) is 58.6 Å². The van der Waals surface area contributed by atoms with Gasteiger partial charge in [-0.1, -0.05) is 28.1 Å². The van der Waals surface area contributed by atoms with Crippen LogP contribution < -0.4 is 4.74 Å². The van der Waals surface area contributed by atoms with E-state index in [4.69, 9.17) is 9.84 Å². The lowest BCUT2D eigenvalue weighted by Gasteiger charge is -2.07. The normalized spacial score (nSPS) is 11.9. The molecule has 0 aromatic heterocycles. The van der Waals surface area contributed by atoms with Crippen molar-refractivity contribution in [2.75, 3.05) is 12.4 Å². The average molecular weight is 369 g/mol. The number of hydrogen-bond donors (Lipinski definition) is 1. The SMILES string of the molecule is O=C(O)c1cccc(S(=O)CCOc2cccc(Br)c2)c1. The predicted octanol–water partition coefficient (Wildman–Crippen LogP) is 3.33. The van der Waals surface area contributed by atoms with Gasteiger partial charge in [-0.25, -0.2) is 4.79 Å². The van der Waals surface area contributed by atoms with Gasteiger partial charge in [-0.15, -0.1) is 0 Å². The number of benzene rings is 2. The molecule has 0 radical (unpaired) electrons. The molecule has 0 aliphatic carbocycles. The average Bonchev–Trinajstić information content (AvgIpc) is 2.47. The van der Waals surface area contributed by atoms with Gasteiger partial charge in [0.05, 0.1) is 22.1 Å². The van der Waals surface area contributed by atoms with Gasteiger partial charge in [0.1, 0.15) is 12.4 Å². The number of aromatic carboxylic acids is 1. The first-order valence-electron chi connectivity index (χ1n) is 6.16. The van der Waals surface area contributed by atoms with Crippen LogP contribution in [0.25, 0.3) is 0 Å². The van der Waals surface area contributed by atoms with Crippen LogP contribution in [0.15, 0.2) is 57.9 Å². The van der Waals surface area contributed by atoms with Gasteiger partial charge in [0, 0.05) is 9.37 Å². The molecule has 0 fully saturated rings. The molecular formula is C15H13BrO4S. The molecule has 6 heteroatoms. The fourth-order valence-corrected chi connectivity index (χ4v) is 3.02. The molecule has 2 rings (SSSR count). The van der Waals surface area contributed by atoms with Crippen molar-refractivity contribution in [3.63, 3.8) is 0 Å². The van der Waals surface area contributed by atoms with Gasteiger partial charge in [0.25, 0.3) is 0 Å². The van der Waals surface area contributed by atoms with Gasteiger partial charge in [-0.05, 0) is 36.4 Å². The van der Waals surface area contributed by atoms with Crippen molar-refractivity contribution in [2.45, 2.75) is 4.90 Å². The van der Waals surface area contributed by atoms with Crippen LogP contribution in [0.4, 0.5) is 0 Å². The van der Waals surface area contributed by atoms with Crippen molar-refractivity contribution in [1.82, 2.24) is 0 Å². The zero-order chi connectivity index (χ0) is 15.2. The summed E-state index contributed by atoms with van der Waals surface area (Å²) >= 11 is 3.35. The molecule has 0 heterocycles. The minimum absolute atomic E-state index is 0.133. The molecule has 21 heavy (non-hydrogen) atoms. The van der Waals surface area contributed by atoms with Crippen molar-refractivity contribution in [3.8, 4) is 5.75 Å². The molecule has 1 unspecified atom stereocenters. The van der Waals surface area contributed by atoms with E-state index in [1.165, 1.54) is 12.1 Å². The number of hydrogen-bond acceptors (Lipinski definition) is 3. The van der Waals surface area contributed by atoms with E-state index in [2.05, 4.69) is 15.9 Å². The van der Waals surface area contributed by atoms with Crippen LogP contribution in [0.1, 0.15) is 10.4 Å². The Morgan fingerprint density at radius 2 is 1.95 bits per heavy atom. The molecule has 4 nitrogen and oxygen atoms in total. The molecule has 110 valence electrons. The van der Waals surface area contributed by atoms with Gasteiger partial charge < -0.3 is 9.84 Å². The Bertz CT molecular complexity index is 672. The fraction of sp³-hybridized carbons (Fsp3) is 0.133. The minimum atomic E-state index is -1.29. The number of ether oxygens (including phenoxy) is 1. The summed E-state index contributed by atoms with van der Waals surface area (Å²) in [6.45, 7) is 0.292. The summed E-state index contributed by atoms with van der Waals surface area (Å²) in [6.07, 6.45) is 0. The second-order valence-electron chi connectivity index (χ2n) is 4.19. The lowest BCUT2D eigenvalue weighted by Crippen LogP contribution is -2.09. The molecular weight excluding hydrogens is 356 g/mol. The molecule has 2 aromatic carbocycles. The van der Waals surface area contributed by atoms with Gasteiger partial charge in [-0.3, -0.25) is 4.21 Å². The van der Waals surface area contributed by atoms with Crippen LogP contribution in [0.2, 0.25) is 0 Å². The summed E-state index contributed by atoms with van der Waals surface area (Å²) in [5, 5.41) is 8.91. The van der Waals surface area contributed by atoms with E-state index in [-0.39, 0.29) is 5.56 Å². The zero-order valence-corrected chi connectivity index (χ0v) is 13.4. The number of carbonyl (C=O) groups is 1. The summed E-state index contributed by atoms with van der Waals surface area (Å²) in [7, 11) is -1.29. The lowest BCUT2D eigenvalue weighted by atomic mass is 10.2. The minimum Gasteiger partial charge on any atom is -0.493 e. The van der Waals surface area contributed by atoms with Gasteiger partial charge in [0.15, 0.2) is 0 Å². The third kappa shape index (κ3) is 4.68. The first-order chi connectivity index (χ1) is 10.1. The van der Waals surface area contributed by atoms with Crippen molar-refractivity contribution in [2.24, 2.45) is 0 Å². The monoisotopic (exact) mass is 368 g/mol. The molecule has 0 aliphatic rings. The highest BCUT2D eigenvalue weighted by molar-refractivity contribution is 9.10. The van der Waals surface area contributed by atoms with Crippen LogP contribution in [0, 0.1) is 0 Å². The molecule has 0 aliphatic heterocycles. The molecule has 1 N–H and O–H groups in total. The van der Waals surface area contributed by atoms with Crippen LogP contribution in [-0.2, 0) is 10.8 Å². The van der Waals surface area contributed by atoms with E-state index < -0.39 is 16.8 Å². The number of carboxylic acids is 1. The van der Waals surface area contributed by atoms with Gasteiger partial charge in [-0.2, -0.15) is 0 Å². The number of halogens is 1. The largest absolute Gasteiger partial charge is 0.493 e. The highest BCUT2D eigenvalue weighted by Crippen LogP contribution is 2.18. The molecule has 0 bridgehead atoms. The molecule has 0 saturated heterocycles. The molecule has 0 spiro atoms. The first kappa shape index (κ1) is 15.7. The smallest absolute Gasteiger partial charge is 0.335 e. The standard InChI is InChI=1S/C15H13BrO4S/c16-12-4-2-5-13(10-12)20-7-8-21(19)14-6-1-3-11(9-14)15(17)18/h1-6,9-10H,7-8H2,(H,17,18). The van der Waals surface area contributed by atoms with E-state index in [0.717, 1.165) is 4.47 Å². The maximum absolute atomic E-state index is 12.1. The third-order valence-corrected chi connectivity index (χ3v) is 4.49. The van der Waals surface area contributed by atoms with E-state index >= 15 is 0 Å². The Morgan fingerprint density at radius 3 is 2.67 bits per heavy atom. The molecule has 0 amide bonds. The highest BCUT2D eigenvalue weighted by atomic mass is 79.9. The molecule has 0 saturated carbocycles. The van der Waals surface area contributed by atoms with Crippen LogP contribution in [0.5, 0.6) is 5.75 Å². The summed E-state index contributed by atoms with van der Waals surface area (Å²) in [4.78, 5) is 11.4. The third-order valence-electron chi connectivity index (χ3n) is 2.68. The van der Waals surface area contributed by atoms with E-state index in [1.54, 1.807) is 12.1 Å². The maximum Gasteiger partial charge on any atom is 0.335 e. The summed E-state index contributed by atoms with van der Waals surface area (Å²) in [6, 6.07) is 13.5. The van der Waals surface area contributed by atoms with Crippen LogP contribution in [0.3, 0.4) is 0 Å². The Kier molecular flexibility index (Phi) is 5.52. The van der Waals surface area contributed by atoms with Crippen LogP contribution in [-0.4, -0.2) is 27.6 Å². The van der Waals surface area contributed by atoms with Crippen molar-refractivity contribution < 1.29 is 18.8 Å². The quantitative estimate of drug-likeness (QED) is 0.849. The van der Waals surface area contributed by atoms with E-state index in [9.17, 15) is 9.00 Å². The fourth-order valence-electron chi connectivity index (χ4n) is 1.68.